The number of fused-ring (bicyclic) bond motifs is 3. The summed E-state index contributed by atoms with van der Waals surface area (Å²) in [4.78, 5) is 0. The molecule has 1 heterocycles. The van der Waals surface area contributed by atoms with Gasteiger partial charge >= 0.3 is 0 Å². The minimum atomic E-state index is -1.44. The number of hydrogen-bond acceptors (Lipinski definition) is 0. The van der Waals surface area contributed by atoms with Gasteiger partial charge in [0.2, 0.25) is 0 Å². The first-order chi connectivity index (χ1) is 8.01. The van der Waals surface area contributed by atoms with Crippen LogP contribution in [0, 0.1) is 13.8 Å². The average molecular weight is 238 g/mol. The molecule has 0 spiro atoms. The molecule has 0 nitrogen and oxygen atoms in total. The summed E-state index contributed by atoms with van der Waals surface area (Å²) >= 11 is 0. The van der Waals surface area contributed by atoms with Crippen LogP contribution in [0.1, 0.15) is 11.1 Å². The molecule has 0 unspecified atom stereocenters. The molecular weight excluding hydrogens is 220 g/mol. The van der Waals surface area contributed by atoms with E-state index in [2.05, 4.69) is 63.3 Å². The molecule has 0 aliphatic carbocycles. The second-order valence-electron chi connectivity index (χ2n) is 5.65. The molecule has 1 aliphatic heterocycles. The van der Waals surface area contributed by atoms with Crippen molar-refractivity contribution in [1.29, 1.82) is 0 Å². The first kappa shape index (κ1) is 10.8. The second-order valence-corrected chi connectivity index (χ2v) is 9.98. The van der Waals surface area contributed by atoms with Crippen molar-refractivity contribution in [3.8, 4) is 11.1 Å². The highest BCUT2D eigenvalue weighted by Crippen LogP contribution is 2.29. The Hall–Kier alpha value is -1.34. The smallest absolute Gasteiger partial charge is 0.0623 e. The zero-order valence-electron chi connectivity index (χ0n) is 11.0. The maximum atomic E-state index is 2.46. The highest BCUT2D eigenvalue weighted by molar-refractivity contribution is 7.03. The second kappa shape index (κ2) is 3.33. The van der Waals surface area contributed by atoms with Crippen LogP contribution in [0.3, 0.4) is 0 Å². The molecule has 0 amide bonds. The minimum Gasteiger partial charge on any atom is -0.0623 e. The Kier molecular flexibility index (Phi) is 2.11. The summed E-state index contributed by atoms with van der Waals surface area (Å²) in [7, 11) is -1.44. The van der Waals surface area contributed by atoms with Gasteiger partial charge in [0.05, 0.1) is 0 Å². The van der Waals surface area contributed by atoms with E-state index in [-0.39, 0.29) is 0 Å². The lowest BCUT2D eigenvalue weighted by Gasteiger charge is -2.19. The van der Waals surface area contributed by atoms with Gasteiger partial charge in [0.1, 0.15) is 8.07 Å². The van der Waals surface area contributed by atoms with Crippen LogP contribution in [-0.2, 0) is 0 Å². The van der Waals surface area contributed by atoms with Gasteiger partial charge in [-0.3, -0.25) is 0 Å². The first-order valence-electron chi connectivity index (χ1n) is 6.23. The Morgan fingerprint density at radius 3 is 2.18 bits per heavy atom. The molecule has 0 saturated heterocycles. The molecule has 0 N–H and O–H groups in total. The molecular formula is C16H18Si. The lowest BCUT2D eigenvalue weighted by Crippen LogP contribution is -2.49. The summed E-state index contributed by atoms with van der Waals surface area (Å²) in [6, 6.07) is 13.8. The van der Waals surface area contributed by atoms with Crippen LogP contribution >= 0.6 is 0 Å². The highest BCUT2D eigenvalue weighted by Gasteiger charge is 2.37. The van der Waals surface area contributed by atoms with Crippen LogP contribution in [0.15, 0.2) is 36.4 Å². The van der Waals surface area contributed by atoms with Crippen LogP contribution in [0.4, 0.5) is 0 Å². The van der Waals surface area contributed by atoms with Crippen molar-refractivity contribution < 1.29 is 0 Å². The van der Waals surface area contributed by atoms with Crippen molar-refractivity contribution in [2.24, 2.45) is 0 Å². The molecule has 1 aliphatic rings. The Bertz CT molecular complexity index is 609. The van der Waals surface area contributed by atoms with Crippen LogP contribution in [-0.4, -0.2) is 8.07 Å². The molecule has 2 aromatic rings. The van der Waals surface area contributed by atoms with E-state index in [1.165, 1.54) is 22.3 Å². The molecule has 1 heteroatoms. The predicted molar refractivity (Wildman–Crippen MR) is 78.1 cm³/mol. The summed E-state index contributed by atoms with van der Waals surface area (Å²) in [5.41, 5.74) is 5.80. The Labute approximate surface area is 104 Å². The number of hydrogen-bond donors (Lipinski definition) is 0. The predicted octanol–water partition coefficient (Wildman–Crippen LogP) is 3.11. The van der Waals surface area contributed by atoms with Gasteiger partial charge in [-0.15, -0.1) is 0 Å². The van der Waals surface area contributed by atoms with Crippen molar-refractivity contribution in [2.75, 3.05) is 0 Å². The molecule has 0 bridgehead atoms. The molecule has 0 saturated carbocycles. The highest BCUT2D eigenvalue weighted by atomic mass is 28.3. The van der Waals surface area contributed by atoms with Gasteiger partial charge in [0.25, 0.3) is 0 Å². The van der Waals surface area contributed by atoms with Crippen LogP contribution in [0.25, 0.3) is 11.1 Å². The maximum Gasteiger partial charge on any atom is 0.113 e. The molecule has 0 fully saturated rings. The fraction of sp³-hybridized carbons (Fsp3) is 0.250. The fourth-order valence-electron chi connectivity index (χ4n) is 2.96. The zero-order chi connectivity index (χ0) is 12.2. The lowest BCUT2D eigenvalue weighted by molar-refractivity contribution is 1.35. The monoisotopic (exact) mass is 238 g/mol. The van der Waals surface area contributed by atoms with E-state index in [1.807, 2.05) is 0 Å². The van der Waals surface area contributed by atoms with Crippen LogP contribution < -0.4 is 10.4 Å². The van der Waals surface area contributed by atoms with E-state index in [0.29, 0.717) is 0 Å². The van der Waals surface area contributed by atoms with E-state index in [9.17, 15) is 0 Å². The topological polar surface area (TPSA) is 0 Å². The average Bonchev–Trinajstić information content (AvgIpc) is 2.51. The normalized spacial score (nSPS) is 15.5. The Morgan fingerprint density at radius 2 is 1.41 bits per heavy atom. The molecule has 0 aromatic heterocycles. The maximum absolute atomic E-state index is 2.46. The summed E-state index contributed by atoms with van der Waals surface area (Å²) < 4.78 is 0. The Balaban J connectivity index is 2.40. The fourth-order valence-corrected chi connectivity index (χ4v) is 6.12. The van der Waals surface area contributed by atoms with E-state index >= 15 is 0 Å². The third-order valence-electron chi connectivity index (χ3n) is 4.20. The van der Waals surface area contributed by atoms with Gasteiger partial charge in [-0.1, -0.05) is 49.5 Å². The molecule has 2 aromatic carbocycles. The van der Waals surface area contributed by atoms with E-state index in [4.69, 9.17) is 0 Å². The standard InChI is InChI=1S/C16H18Si/c1-11-9-14-13-7-5-6-8-15(13)17(3,4)16(14)10-12(11)2/h5-10H,1-4H3. The summed E-state index contributed by atoms with van der Waals surface area (Å²) in [6.07, 6.45) is 0. The van der Waals surface area contributed by atoms with Crippen molar-refractivity contribution in [1.82, 2.24) is 0 Å². The third-order valence-corrected chi connectivity index (χ3v) is 7.74. The summed E-state index contributed by atoms with van der Waals surface area (Å²) in [5.74, 6) is 0. The third kappa shape index (κ3) is 1.35. The quantitative estimate of drug-likeness (QED) is 0.619. The van der Waals surface area contributed by atoms with Gasteiger partial charge in [-0.25, -0.2) is 0 Å². The van der Waals surface area contributed by atoms with Crippen molar-refractivity contribution in [3.63, 3.8) is 0 Å². The minimum absolute atomic E-state index is 1.41. The lowest BCUT2D eigenvalue weighted by atomic mass is 10.0. The van der Waals surface area contributed by atoms with Crippen LogP contribution in [0.2, 0.25) is 13.1 Å². The number of benzene rings is 2. The zero-order valence-corrected chi connectivity index (χ0v) is 12.0. The van der Waals surface area contributed by atoms with E-state index < -0.39 is 8.07 Å². The number of aryl methyl sites for hydroxylation is 2. The largest absolute Gasteiger partial charge is 0.113 e. The molecule has 0 atom stereocenters. The van der Waals surface area contributed by atoms with Crippen molar-refractivity contribution in [2.45, 2.75) is 26.9 Å². The van der Waals surface area contributed by atoms with Crippen molar-refractivity contribution in [3.05, 3.63) is 47.5 Å². The summed E-state index contributed by atoms with van der Waals surface area (Å²) in [6.45, 7) is 9.37. The number of rotatable bonds is 0. The van der Waals surface area contributed by atoms with Gasteiger partial charge in [0, 0.05) is 0 Å². The molecule has 86 valence electrons. The van der Waals surface area contributed by atoms with Crippen molar-refractivity contribution >= 4 is 18.4 Å². The van der Waals surface area contributed by atoms with Crippen LogP contribution in [0.5, 0.6) is 0 Å². The van der Waals surface area contributed by atoms with Gasteiger partial charge < -0.3 is 0 Å². The van der Waals surface area contributed by atoms with Gasteiger partial charge in [-0.05, 0) is 46.5 Å². The van der Waals surface area contributed by atoms with Gasteiger partial charge in [0.15, 0.2) is 0 Å². The summed E-state index contributed by atoms with van der Waals surface area (Å²) in [5, 5.41) is 3.21. The van der Waals surface area contributed by atoms with E-state index in [0.717, 1.165) is 0 Å². The van der Waals surface area contributed by atoms with Gasteiger partial charge in [-0.2, -0.15) is 0 Å². The molecule has 0 radical (unpaired) electrons. The molecule has 17 heavy (non-hydrogen) atoms. The first-order valence-corrected chi connectivity index (χ1v) is 9.23. The molecule has 3 rings (SSSR count). The Morgan fingerprint density at radius 1 is 0.765 bits per heavy atom. The van der Waals surface area contributed by atoms with E-state index in [1.54, 1.807) is 10.4 Å². The SMILES string of the molecule is Cc1cc2c(cc1C)[Si](C)(C)c1ccccc1-2.